The van der Waals surface area contributed by atoms with Crippen molar-refractivity contribution in [3.8, 4) is 0 Å². The summed E-state index contributed by atoms with van der Waals surface area (Å²) in [6, 6.07) is 0. The Morgan fingerprint density at radius 2 is 2.46 bits per heavy atom. The fourth-order valence-corrected chi connectivity index (χ4v) is 1.36. The SMILES string of the molecule is Cc1cnc(C(O)CC2(N)CC2)o1. The molecule has 1 atom stereocenters. The zero-order valence-electron chi connectivity index (χ0n) is 7.66. The number of rotatable bonds is 3. The monoisotopic (exact) mass is 182 g/mol. The van der Waals surface area contributed by atoms with E-state index in [1.807, 2.05) is 0 Å². The highest BCUT2D eigenvalue weighted by molar-refractivity contribution is 5.03. The second kappa shape index (κ2) is 2.82. The van der Waals surface area contributed by atoms with E-state index >= 15 is 0 Å². The Hall–Kier alpha value is -0.870. The summed E-state index contributed by atoms with van der Waals surface area (Å²) in [5.74, 6) is 1.10. The van der Waals surface area contributed by atoms with Crippen LogP contribution in [-0.4, -0.2) is 15.6 Å². The van der Waals surface area contributed by atoms with E-state index in [-0.39, 0.29) is 5.54 Å². The van der Waals surface area contributed by atoms with Crippen LogP contribution in [0.5, 0.6) is 0 Å². The molecule has 0 radical (unpaired) electrons. The van der Waals surface area contributed by atoms with Crippen molar-refractivity contribution in [2.45, 2.75) is 37.8 Å². The predicted molar refractivity (Wildman–Crippen MR) is 47.0 cm³/mol. The van der Waals surface area contributed by atoms with Crippen LogP contribution in [0.4, 0.5) is 0 Å². The molecule has 0 bridgehead atoms. The van der Waals surface area contributed by atoms with Gasteiger partial charge in [0.05, 0.1) is 6.20 Å². The van der Waals surface area contributed by atoms with Gasteiger partial charge in [0.25, 0.3) is 0 Å². The molecular weight excluding hydrogens is 168 g/mol. The molecule has 0 amide bonds. The van der Waals surface area contributed by atoms with Crippen molar-refractivity contribution in [1.82, 2.24) is 4.98 Å². The Kier molecular flexibility index (Phi) is 1.89. The maximum atomic E-state index is 9.67. The highest BCUT2D eigenvalue weighted by Crippen LogP contribution is 2.39. The number of hydrogen-bond donors (Lipinski definition) is 2. The first-order chi connectivity index (χ1) is 6.09. The van der Waals surface area contributed by atoms with Crippen LogP contribution >= 0.6 is 0 Å². The van der Waals surface area contributed by atoms with Crippen LogP contribution in [-0.2, 0) is 0 Å². The van der Waals surface area contributed by atoms with Crippen molar-refractivity contribution >= 4 is 0 Å². The summed E-state index contributed by atoms with van der Waals surface area (Å²) in [7, 11) is 0. The Morgan fingerprint density at radius 3 is 2.92 bits per heavy atom. The number of aliphatic hydroxyl groups is 1. The molecule has 1 fully saturated rings. The molecule has 0 spiro atoms. The van der Waals surface area contributed by atoms with Gasteiger partial charge in [0.2, 0.25) is 5.89 Å². The van der Waals surface area contributed by atoms with Crippen molar-refractivity contribution in [3.05, 3.63) is 17.8 Å². The molecule has 1 saturated carbocycles. The second-order valence-corrected chi connectivity index (χ2v) is 3.89. The molecule has 2 rings (SSSR count). The van der Waals surface area contributed by atoms with Crippen LogP contribution in [0, 0.1) is 6.92 Å². The summed E-state index contributed by atoms with van der Waals surface area (Å²) < 4.78 is 5.20. The number of aromatic nitrogens is 1. The molecule has 0 aliphatic heterocycles. The van der Waals surface area contributed by atoms with Gasteiger partial charge >= 0.3 is 0 Å². The van der Waals surface area contributed by atoms with Gasteiger partial charge in [-0.1, -0.05) is 0 Å². The minimum absolute atomic E-state index is 0.165. The van der Waals surface area contributed by atoms with Crippen molar-refractivity contribution in [2.24, 2.45) is 5.73 Å². The smallest absolute Gasteiger partial charge is 0.223 e. The number of aryl methyl sites for hydroxylation is 1. The minimum atomic E-state index is -0.652. The maximum Gasteiger partial charge on any atom is 0.223 e. The lowest BCUT2D eigenvalue weighted by Crippen LogP contribution is -2.24. The van der Waals surface area contributed by atoms with Gasteiger partial charge in [-0.2, -0.15) is 0 Å². The number of oxazole rings is 1. The molecule has 0 saturated heterocycles. The summed E-state index contributed by atoms with van der Waals surface area (Å²) in [6.07, 6.45) is 3.48. The number of nitrogens with two attached hydrogens (primary N) is 1. The zero-order valence-corrected chi connectivity index (χ0v) is 7.66. The predicted octanol–water partition coefficient (Wildman–Crippen LogP) is 0.898. The average Bonchev–Trinajstić information content (AvgIpc) is 2.62. The molecule has 1 aromatic heterocycles. The molecule has 4 nitrogen and oxygen atoms in total. The second-order valence-electron chi connectivity index (χ2n) is 3.89. The van der Waals surface area contributed by atoms with Gasteiger partial charge in [0.1, 0.15) is 11.9 Å². The van der Waals surface area contributed by atoms with E-state index in [1.165, 1.54) is 0 Å². The fourth-order valence-electron chi connectivity index (χ4n) is 1.36. The van der Waals surface area contributed by atoms with E-state index in [0.29, 0.717) is 12.3 Å². The average molecular weight is 182 g/mol. The van der Waals surface area contributed by atoms with Crippen molar-refractivity contribution in [3.63, 3.8) is 0 Å². The van der Waals surface area contributed by atoms with Crippen LogP contribution < -0.4 is 5.73 Å². The molecule has 1 aliphatic rings. The highest BCUT2D eigenvalue weighted by Gasteiger charge is 2.40. The Bertz CT molecular complexity index is 304. The molecule has 4 heteroatoms. The largest absolute Gasteiger partial charge is 0.443 e. The van der Waals surface area contributed by atoms with E-state index in [0.717, 1.165) is 18.6 Å². The summed E-state index contributed by atoms with van der Waals surface area (Å²) in [5.41, 5.74) is 5.70. The van der Waals surface area contributed by atoms with E-state index in [1.54, 1.807) is 13.1 Å². The van der Waals surface area contributed by atoms with Gasteiger partial charge in [-0.25, -0.2) is 4.98 Å². The number of hydrogen-bond acceptors (Lipinski definition) is 4. The van der Waals surface area contributed by atoms with Gasteiger partial charge in [0.15, 0.2) is 0 Å². The summed E-state index contributed by atoms with van der Waals surface area (Å²) in [4.78, 5) is 3.96. The topological polar surface area (TPSA) is 72.3 Å². The quantitative estimate of drug-likeness (QED) is 0.728. The maximum absolute atomic E-state index is 9.67. The third kappa shape index (κ3) is 1.89. The molecular formula is C9H14N2O2. The first-order valence-corrected chi connectivity index (χ1v) is 4.48. The van der Waals surface area contributed by atoms with Gasteiger partial charge in [0, 0.05) is 12.0 Å². The lowest BCUT2D eigenvalue weighted by Gasteiger charge is -2.11. The molecule has 72 valence electrons. The van der Waals surface area contributed by atoms with E-state index in [2.05, 4.69) is 4.98 Å². The van der Waals surface area contributed by atoms with E-state index < -0.39 is 6.10 Å². The lowest BCUT2D eigenvalue weighted by molar-refractivity contribution is 0.122. The van der Waals surface area contributed by atoms with Crippen molar-refractivity contribution < 1.29 is 9.52 Å². The van der Waals surface area contributed by atoms with E-state index in [4.69, 9.17) is 10.2 Å². The van der Waals surface area contributed by atoms with Gasteiger partial charge in [-0.05, 0) is 19.8 Å². The molecule has 1 aliphatic carbocycles. The molecule has 3 N–H and O–H groups in total. The Balaban J connectivity index is 2.00. The lowest BCUT2D eigenvalue weighted by atomic mass is 10.1. The Labute approximate surface area is 76.8 Å². The van der Waals surface area contributed by atoms with Crippen LogP contribution in [0.3, 0.4) is 0 Å². The first kappa shape index (κ1) is 8.72. The van der Waals surface area contributed by atoms with E-state index in [9.17, 15) is 5.11 Å². The van der Waals surface area contributed by atoms with Crippen molar-refractivity contribution in [2.75, 3.05) is 0 Å². The third-order valence-corrected chi connectivity index (χ3v) is 2.42. The molecule has 13 heavy (non-hydrogen) atoms. The van der Waals surface area contributed by atoms with Gasteiger partial charge < -0.3 is 15.3 Å². The standard InChI is InChI=1S/C9H14N2O2/c1-6-5-11-8(13-6)7(12)4-9(10)2-3-9/h5,7,12H,2-4,10H2,1H3. The number of nitrogens with zero attached hydrogens (tertiary/aromatic N) is 1. The summed E-state index contributed by atoms with van der Waals surface area (Å²) in [6.45, 7) is 1.80. The third-order valence-electron chi connectivity index (χ3n) is 2.42. The Morgan fingerprint density at radius 1 is 1.77 bits per heavy atom. The minimum Gasteiger partial charge on any atom is -0.443 e. The van der Waals surface area contributed by atoms with Gasteiger partial charge in [-0.15, -0.1) is 0 Å². The fraction of sp³-hybridized carbons (Fsp3) is 0.667. The molecule has 0 aromatic carbocycles. The van der Waals surface area contributed by atoms with Crippen LogP contribution in [0.25, 0.3) is 0 Å². The highest BCUT2D eigenvalue weighted by atomic mass is 16.4. The first-order valence-electron chi connectivity index (χ1n) is 4.48. The zero-order chi connectivity index (χ0) is 9.47. The molecule has 1 heterocycles. The normalized spacial score (nSPS) is 21.5. The molecule has 1 unspecified atom stereocenters. The number of aliphatic hydroxyl groups excluding tert-OH is 1. The van der Waals surface area contributed by atoms with Gasteiger partial charge in [-0.3, -0.25) is 0 Å². The summed E-state index contributed by atoms with van der Waals surface area (Å²) in [5, 5.41) is 9.67. The van der Waals surface area contributed by atoms with Crippen LogP contribution in [0.15, 0.2) is 10.6 Å². The van der Waals surface area contributed by atoms with Crippen molar-refractivity contribution in [1.29, 1.82) is 0 Å². The van der Waals surface area contributed by atoms with Crippen LogP contribution in [0.2, 0.25) is 0 Å². The molecule has 1 aromatic rings. The summed E-state index contributed by atoms with van der Waals surface area (Å²) >= 11 is 0. The van der Waals surface area contributed by atoms with Crippen LogP contribution in [0.1, 0.15) is 37.0 Å².